The minimum atomic E-state index is -5.26. The topological polar surface area (TPSA) is 49.3 Å². The zero-order valence-electron chi connectivity index (χ0n) is 12.1. The van der Waals surface area contributed by atoms with Crippen molar-refractivity contribution in [1.29, 1.82) is 0 Å². The number of alkyl halides is 3. The van der Waals surface area contributed by atoms with Crippen LogP contribution in [-0.2, 0) is 16.9 Å². The van der Waals surface area contributed by atoms with E-state index in [-0.39, 0.29) is 10.6 Å². The monoisotopic (exact) mass is 361 g/mol. The van der Waals surface area contributed by atoms with Crippen molar-refractivity contribution in [2.45, 2.75) is 18.3 Å². The molecule has 2 N–H and O–H groups in total. The van der Waals surface area contributed by atoms with Gasteiger partial charge in [-0.2, -0.15) is 13.2 Å². The van der Waals surface area contributed by atoms with Gasteiger partial charge in [-0.05, 0) is 18.2 Å². The summed E-state index contributed by atoms with van der Waals surface area (Å²) in [5, 5.41) is 12.1. The highest BCUT2D eigenvalue weighted by Gasteiger charge is 2.60. The van der Waals surface area contributed by atoms with Gasteiger partial charge in [-0.25, -0.2) is 4.39 Å². The predicted molar refractivity (Wildman–Crippen MR) is 79.7 cm³/mol. The fourth-order valence-electron chi connectivity index (χ4n) is 2.09. The van der Waals surface area contributed by atoms with Crippen LogP contribution in [0.25, 0.3) is 0 Å². The van der Waals surface area contributed by atoms with Crippen LogP contribution >= 0.6 is 11.6 Å². The highest BCUT2D eigenvalue weighted by Crippen LogP contribution is 2.39. The number of benzene rings is 2. The summed E-state index contributed by atoms with van der Waals surface area (Å²) in [5.74, 6) is -2.45. The highest BCUT2D eigenvalue weighted by atomic mass is 35.5. The molecule has 0 radical (unpaired) electrons. The molecule has 0 aliphatic heterocycles. The molecule has 24 heavy (non-hydrogen) atoms. The third-order valence-corrected chi connectivity index (χ3v) is 3.61. The number of rotatable bonds is 4. The number of hydrogen-bond acceptors (Lipinski definition) is 2. The molecule has 1 atom stereocenters. The molecule has 128 valence electrons. The van der Waals surface area contributed by atoms with E-state index in [9.17, 15) is 27.5 Å². The van der Waals surface area contributed by atoms with E-state index in [4.69, 9.17) is 11.6 Å². The molecule has 2 aromatic rings. The summed E-state index contributed by atoms with van der Waals surface area (Å²) in [6.07, 6.45) is -5.26. The van der Waals surface area contributed by atoms with Crippen LogP contribution in [0.15, 0.2) is 48.5 Å². The Bertz CT molecular complexity index is 737. The summed E-state index contributed by atoms with van der Waals surface area (Å²) in [6.45, 7) is -0.559. The van der Waals surface area contributed by atoms with Gasteiger partial charge in [0.15, 0.2) is 0 Å². The fraction of sp³-hybridized carbons (Fsp3) is 0.188. The first-order chi connectivity index (χ1) is 11.2. The second kappa shape index (κ2) is 6.78. The van der Waals surface area contributed by atoms with Crippen molar-refractivity contribution >= 4 is 17.5 Å². The largest absolute Gasteiger partial charge is 0.430 e. The lowest BCUT2D eigenvalue weighted by Gasteiger charge is -2.29. The van der Waals surface area contributed by atoms with E-state index in [1.54, 1.807) is 0 Å². The van der Waals surface area contributed by atoms with E-state index in [0.717, 1.165) is 18.2 Å². The summed E-state index contributed by atoms with van der Waals surface area (Å²) in [5.41, 5.74) is -4.49. The van der Waals surface area contributed by atoms with Gasteiger partial charge in [-0.3, -0.25) is 4.79 Å². The van der Waals surface area contributed by atoms with Crippen molar-refractivity contribution in [3.8, 4) is 0 Å². The van der Waals surface area contributed by atoms with E-state index >= 15 is 0 Å². The van der Waals surface area contributed by atoms with Gasteiger partial charge in [-0.1, -0.05) is 41.9 Å². The smallest absolute Gasteiger partial charge is 0.369 e. The minimum Gasteiger partial charge on any atom is -0.369 e. The second-order valence-corrected chi connectivity index (χ2v) is 5.43. The number of aliphatic hydroxyl groups is 1. The van der Waals surface area contributed by atoms with Gasteiger partial charge in [0.1, 0.15) is 5.82 Å². The summed E-state index contributed by atoms with van der Waals surface area (Å²) in [6, 6.07) is 9.38. The molecule has 0 bridgehead atoms. The third kappa shape index (κ3) is 3.52. The minimum absolute atomic E-state index is 0.103. The van der Waals surface area contributed by atoms with E-state index in [1.807, 2.05) is 5.32 Å². The van der Waals surface area contributed by atoms with Crippen LogP contribution in [0.1, 0.15) is 11.1 Å². The lowest BCUT2D eigenvalue weighted by Crippen LogP contribution is -2.54. The molecule has 0 aliphatic carbocycles. The molecule has 3 nitrogen and oxygen atoms in total. The number of amides is 1. The molecule has 0 spiro atoms. The van der Waals surface area contributed by atoms with Crippen molar-refractivity contribution in [1.82, 2.24) is 5.32 Å². The zero-order chi connectivity index (χ0) is 18.0. The van der Waals surface area contributed by atoms with Crippen molar-refractivity contribution in [2.24, 2.45) is 0 Å². The van der Waals surface area contributed by atoms with Crippen LogP contribution < -0.4 is 5.32 Å². The number of carbonyl (C=O) groups is 1. The van der Waals surface area contributed by atoms with Gasteiger partial charge in [0.05, 0.1) is 0 Å². The maximum absolute atomic E-state index is 13.6. The van der Waals surface area contributed by atoms with Crippen LogP contribution in [0.5, 0.6) is 0 Å². The lowest BCUT2D eigenvalue weighted by atomic mass is 9.92. The van der Waals surface area contributed by atoms with Crippen LogP contribution in [0, 0.1) is 5.82 Å². The molecule has 8 heteroatoms. The van der Waals surface area contributed by atoms with Crippen molar-refractivity contribution in [2.75, 3.05) is 0 Å². The molecule has 1 amide bonds. The Morgan fingerprint density at radius 1 is 1.12 bits per heavy atom. The molecule has 0 aliphatic rings. The fourth-order valence-corrected chi connectivity index (χ4v) is 2.28. The average Bonchev–Trinajstić information content (AvgIpc) is 2.54. The maximum Gasteiger partial charge on any atom is 0.430 e. The van der Waals surface area contributed by atoms with Crippen LogP contribution in [0.4, 0.5) is 17.6 Å². The molecule has 0 fully saturated rings. The molecular weight excluding hydrogens is 350 g/mol. The van der Waals surface area contributed by atoms with Gasteiger partial charge in [-0.15, -0.1) is 0 Å². The van der Waals surface area contributed by atoms with E-state index in [1.165, 1.54) is 30.3 Å². The Morgan fingerprint density at radius 2 is 1.75 bits per heavy atom. The van der Waals surface area contributed by atoms with Gasteiger partial charge in [0.25, 0.3) is 11.5 Å². The normalized spacial score (nSPS) is 14.1. The molecule has 2 rings (SSSR count). The molecule has 0 saturated carbocycles. The van der Waals surface area contributed by atoms with E-state index < -0.39 is 35.6 Å². The van der Waals surface area contributed by atoms with Crippen molar-refractivity contribution in [3.63, 3.8) is 0 Å². The lowest BCUT2D eigenvalue weighted by molar-refractivity contribution is -0.257. The first-order valence-corrected chi connectivity index (χ1v) is 7.11. The summed E-state index contributed by atoms with van der Waals surface area (Å²) < 4.78 is 53.5. The Hall–Kier alpha value is -2.12. The standard InChI is InChI=1S/C16H12ClF4NO2/c17-12-6-7-13(18)10(8-12)9-22-14(23)15(24,16(19,20)21)11-4-2-1-3-5-11/h1-8,24H,9H2,(H,22,23)/t15-/m1/s1. The molecule has 0 heterocycles. The Morgan fingerprint density at radius 3 is 2.33 bits per heavy atom. The summed E-state index contributed by atoms with van der Waals surface area (Å²) in [4.78, 5) is 12.0. The van der Waals surface area contributed by atoms with Crippen LogP contribution in [0.2, 0.25) is 5.02 Å². The van der Waals surface area contributed by atoms with Crippen molar-refractivity contribution in [3.05, 3.63) is 70.5 Å². The Kier molecular flexibility index (Phi) is 5.15. The number of carbonyl (C=O) groups excluding carboxylic acids is 1. The average molecular weight is 362 g/mol. The molecule has 0 aromatic heterocycles. The number of hydrogen-bond donors (Lipinski definition) is 2. The SMILES string of the molecule is O=C(NCc1cc(Cl)ccc1F)[C@](O)(c1ccccc1)C(F)(F)F. The van der Waals surface area contributed by atoms with Gasteiger partial charge < -0.3 is 10.4 Å². The third-order valence-electron chi connectivity index (χ3n) is 3.38. The molecule has 0 unspecified atom stereocenters. The zero-order valence-corrected chi connectivity index (χ0v) is 12.8. The van der Waals surface area contributed by atoms with Crippen LogP contribution in [0.3, 0.4) is 0 Å². The first kappa shape index (κ1) is 18.2. The quantitative estimate of drug-likeness (QED) is 0.818. The van der Waals surface area contributed by atoms with E-state index in [2.05, 4.69) is 0 Å². The molecule has 2 aromatic carbocycles. The van der Waals surface area contributed by atoms with Crippen LogP contribution in [-0.4, -0.2) is 17.2 Å². The van der Waals surface area contributed by atoms with Gasteiger partial charge in [0.2, 0.25) is 0 Å². The van der Waals surface area contributed by atoms with Gasteiger partial charge >= 0.3 is 6.18 Å². The summed E-state index contributed by atoms with van der Waals surface area (Å²) >= 11 is 5.68. The highest BCUT2D eigenvalue weighted by molar-refractivity contribution is 6.30. The Balaban J connectivity index is 2.28. The number of nitrogens with one attached hydrogen (secondary N) is 1. The predicted octanol–water partition coefficient (Wildman–Crippen LogP) is 3.55. The molecule has 0 saturated heterocycles. The van der Waals surface area contributed by atoms with E-state index in [0.29, 0.717) is 0 Å². The first-order valence-electron chi connectivity index (χ1n) is 6.73. The summed E-state index contributed by atoms with van der Waals surface area (Å²) in [7, 11) is 0. The van der Waals surface area contributed by atoms with Crippen molar-refractivity contribution < 1.29 is 27.5 Å². The maximum atomic E-state index is 13.6. The second-order valence-electron chi connectivity index (χ2n) is 4.99. The molecular formula is C16H12ClF4NO2. The van der Waals surface area contributed by atoms with Gasteiger partial charge in [0, 0.05) is 22.7 Å². The number of halogens is 5. The Labute approximate surface area is 139 Å².